The second-order valence-electron chi connectivity index (χ2n) is 16.8. The van der Waals surface area contributed by atoms with E-state index >= 15 is 0 Å². The number of esters is 1. The summed E-state index contributed by atoms with van der Waals surface area (Å²) in [7, 11) is 0. The molecule has 6 unspecified atom stereocenters. The summed E-state index contributed by atoms with van der Waals surface area (Å²) < 4.78 is 12.9. The Hall–Kier alpha value is -3.45. The molecule has 1 heterocycles. The van der Waals surface area contributed by atoms with E-state index in [0.29, 0.717) is 41.7 Å². The fourth-order valence-corrected chi connectivity index (χ4v) is 9.12. The third-order valence-electron chi connectivity index (χ3n) is 12.6. The number of phenolic OH excluding ortho intramolecular Hbond substituents is 3. The zero-order chi connectivity index (χ0) is 37.5. The number of hydrogen-bond donors (Lipinski definition) is 4. The Bertz CT molecular complexity index is 1670. The summed E-state index contributed by atoms with van der Waals surface area (Å²) in [6.07, 6.45) is 10.8. The number of aliphatic hydroxyl groups is 1. The number of allylic oxidation sites excluding steroid dienone is 3. The average molecular weight is 703 g/mol. The highest BCUT2D eigenvalue weighted by molar-refractivity contribution is 5.95. The van der Waals surface area contributed by atoms with Crippen LogP contribution in [-0.2, 0) is 17.6 Å². The molecule has 280 valence electrons. The first-order valence-corrected chi connectivity index (χ1v) is 19.4. The van der Waals surface area contributed by atoms with Crippen molar-refractivity contribution < 1.29 is 34.7 Å². The number of fused-ring (bicyclic) bond motifs is 3. The first-order chi connectivity index (χ1) is 24.0. The van der Waals surface area contributed by atoms with Gasteiger partial charge in [0.05, 0.1) is 0 Å². The Balaban J connectivity index is 1.55. The van der Waals surface area contributed by atoms with Gasteiger partial charge in [-0.3, -0.25) is 0 Å². The number of carbonyl (C=O) groups is 1. The van der Waals surface area contributed by atoms with Gasteiger partial charge in [0, 0.05) is 28.9 Å². The minimum absolute atomic E-state index is 0.0439. The summed E-state index contributed by atoms with van der Waals surface area (Å²) in [6.45, 7) is 20.5. The highest BCUT2D eigenvalue weighted by Crippen LogP contribution is 2.58. The van der Waals surface area contributed by atoms with E-state index in [1.54, 1.807) is 19.1 Å². The maximum Gasteiger partial charge on any atom is 0.342 e. The fourth-order valence-electron chi connectivity index (χ4n) is 9.12. The lowest BCUT2D eigenvalue weighted by atomic mass is 9.61. The summed E-state index contributed by atoms with van der Waals surface area (Å²) in [5.74, 6) is -1.46. The molecule has 1 saturated carbocycles. The Morgan fingerprint density at radius 2 is 1.59 bits per heavy atom. The quantitative estimate of drug-likeness (QED) is 0.0988. The third-order valence-corrected chi connectivity index (χ3v) is 12.6. The maximum atomic E-state index is 14.5. The lowest BCUT2D eigenvalue weighted by Crippen LogP contribution is -2.58. The standard InChI is InChI=1S/C44H62O7/c1-10-12-14-16-28-23-32(45)38-34(24-28)50-42(6,7)30-19-21-44(9,40(48)37(30)38)51-41(49)35-29(17-15-13-11-2)25-33(46)36(39(35)47)31-22-27(5)18-20-43(31,8)26(3)4/h22-25,30-31,37,40,45-48H,3,10-21H2,1-2,4-9H3. The smallest absolute Gasteiger partial charge is 0.342 e. The summed E-state index contributed by atoms with van der Waals surface area (Å²) in [4.78, 5) is 14.5. The second kappa shape index (κ2) is 14.9. The van der Waals surface area contributed by atoms with Gasteiger partial charge >= 0.3 is 5.97 Å². The number of ether oxygens (including phenoxy) is 2. The van der Waals surface area contributed by atoms with Crippen molar-refractivity contribution in [3.05, 3.63) is 69.8 Å². The van der Waals surface area contributed by atoms with Gasteiger partial charge in [-0.1, -0.05) is 70.3 Å². The number of phenols is 3. The van der Waals surface area contributed by atoms with Crippen LogP contribution in [0.4, 0.5) is 0 Å². The van der Waals surface area contributed by atoms with Crippen LogP contribution in [0.15, 0.2) is 42.0 Å². The number of aromatic hydroxyl groups is 3. The van der Waals surface area contributed by atoms with Crippen LogP contribution in [0.3, 0.4) is 0 Å². The van der Waals surface area contributed by atoms with Crippen LogP contribution in [0.2, 0.25) is 0 Å². The van der Waals surface area contributed by atoms with E-state index in [4.69, 9.17) is 9.47 Å². The van der Waals surface area contributed by atoms with Gasteiger partial charge in [0.2, 0.25) is 0 Å². The Morgan fingerprint density at radius 1 is 0.941 bits per heavy atom. The lowest BCUT2D eigenvalue weighted by Gasteiger charge is -2.53. The molecule has 1 fully saturated rings. The molecule has 0 aromatic heterocycles. The van der Waals surface area contributed by atoms with Crippen molar-refractivity contribution >= 4 is 5.97 Å². The molecule has 0 radical (unpaired) electrons. The van der Waals surface area contributed by atoms with E-state index in [-0.39, 0.29) is 28.7 Å². The predicted molar refractivity (Wildman–Crippen MR) is 203 cm³/mol. The maximum absolute atomic E-state index is 14.5. The highest BCUT2D eigenvalue weighted by Gasteiger charge is 2.57. The molecule has 0 amide bonds. The molecule has 0 saturated heterocycles. The summed E-state index contributed by atoms with van der Waals surface area (Å²) in [6, 6.07) is 5.41. The summed E-state index contributed by atoms with van der Waals surface area (Å²) in [5, 5.41) is 47.4. The highest BCUT2D eigenvalue weighted by atomic mass is 16.6. The molecule has 4 N–H and O–H groups in total. The van der Waals surface area contributed by atoms with Crippen molar-refractivity contribution in [3.63, 3.8) is 0 Å². The van der Waals surface area contributed by atoms with E-state index in [0.717, 1.165) is 74.5 Å². The van der Waals surface area contributed by atoms with E-state index in [1.165, 1.54) is 0 Å². The van der Waals surface area contributed by atoms with Crippen molar-refractivity contribution in [2.24, 2.45) is 11.3 Å². The van der Waals surface area contributed by atoms with Gasteiger partial charge in [0.15, 0.2) is 0 Å². The van der Waals surface area contributed by atoms with Crippen molar-refractivity contribution in [1.29, 1.82) is 0 Å². The van der Waals surface area contributed by atoms with Crippen molar-refractivity contribution in [3.8, 4) is 23.0 Å². The number of benzene rings is 2. The van der Waals surface area contributed by atoms with Gasteiger partial charge in [-0.15, -0.1) is 0 Å². The van der Waals surface area contributed by atoms with Gasteiger partial charge in [0.1, 0.15) is 45.9 Å². The molecule has 5 rings (SSSR count). The van der Waals surface area contributed by atoms with E-state index in [1.807, 2.05) is 33.8 Å². The molecule has 0 spiro atoms. The summed E-state index contributed by atoms with van der Waals surface area (Å²) in [5.41, 5.74) is 2.12. The number of aliphatic hydroxyl groups excluding tert-OH is 1. The fraction of sp³-hybridized carbons (Fsp3) is 0.614. The predicted octanol–water partition coefficient (Wildman–Crippen LogP) is 10.3. The van der Waals surface area contributed by atoms with Gasteiger partial charge in [0.25, 0.3) is 0 Å². The molecule has 3 aliphatic rings. The first kappa shape index (κ1) is 38.8. The molecule has 6 atom stereocenters. The monoisotopic (exact) mass is 702 g/mol. The molecule has 2 aromatic carbocycles. The lowest BCUT2D eigenvalue weighted by molar-refractivity contribution is -0.148. The van der Waals surface area contributed by atoms with Crippen LogP contribution in [0, 0.1) is 11.3 Å². The number of unbranched alkanes of at least 4 members (excludes halogenated alkanes) is 4. The number of rotatable bonds is 12. The average Bonchev–Trinajstić information content (AvgIpc) is 3.04. The minimum Gasteiger partial charge on any atom is -0.508 e. The third kappa shape index (κ3) is 7.29. The molecule has 0 bridgehead atoms. The minimum atomic E-state index is -1.33. The number of hydrogen-bond acceptors (Lipinski definition) is 7. The van der Waals surface area contributed by atoms with E-state index in [9.17, 15) is 25.2 Å². The van der Waals surface area contributed by atoms with Gasteiger partial charge in [-0.25, -0.2) is 4.79 Å². The van der Waals surface area contributed by atoms with Crippen LogP contribution < -0.4 is 4.74 Å². The molecule has 1 aliphatic heterocycles. The molecule has 7 heteroatoms. The van der Waals surface area contributed by atoms with Crippen LogP contribution in [0.25, 0.3) is 0 Å². The molecule has 51 heavy (non-hydrogen) atoms. The van der Waals surface area contributed by atoms with E-state index in [2.05, 4.69) is 33.4 Å². The van der Waals surface area contributed by atoms with Crippen LogP contribution >= 0.6 is 0 Å². The topological polar surface area (TPSA) is 116 Å². The van der Waals surface area contributed by atoms with Gasteiger partial charge in [-0.2, -0.15) is 0 Å². The van der Waals surface area contributed by atoms with Crippen LogP contribution in [0.1, 0.15) is 164 Å². The molecule has 2 aromatic rings. The van der Waals surface area contributed by atoms with Crippen molar-refractivity contribution in [2.45, 2.75) is 162 Å². The zero-order valence-corrected chi connectivity index (χ0v) is 32.3. The number of carbonyl (C=O) groups excluding carboxylic acids is 1. The second-order valence-corrected chi connectivity index (χ2v) is 16.8. The normalized spacial score (nSPS) is 28.2. The largest absolute Gasteiger partial charge is 0.508 e. The Kier molecular flexibility index (Phi) is 11.3. The van der Waals surface area contributed by atoms with E-state index < -0.39 is 40.5 Å². The summed E-state index contributed by atoms with van der Waals surface area (Å²) >= 11 is 0. The number of aryl methyl sites for hydroxylation is 2. The first-order valence-electron chi connectivity index (χ1n) is 19.4. The van der Waals surface area contributed by atoms with Crippen LogP contribution in [-0.4, -0.2) is 43.7 Å². The molecular weight excluding hydrogens is 640 g/mol. The van der Waals surface area contributed by atoms with Gasteiger partial charge in [-0.05, 0) is 121 Å². The molecular formula is C44H62O7. The van der Waals surface area contributed by atoms with Crippen molar-refractivity contribution in [2.75, 3.05) is 0 Å². The SMILES string of the molecule is C=C(C)C1(C)CCC(C)=CC1c1c(O)cc(CCCCC)c(C(=O)OC2(C)CCC3C(c4c(O)cc(CCCCC)cc4OC3(C)C)C2O)c1O. The van der Waals surface area contributed by atoms with Gasteiger partial charge < -0.3 is 29.9 Å². The van der Waals surface area contributed by atoms with Crippen molar-refractivity contribution in [1.82, 2.24) is 0 Å². The Morgan fingerprint density at radius 3 is 2.24 bits per heavy atom. The zero-order valence-electron chi connectivity index (χ0n) is 32.3. The Labute approximate surface area is 305 Å². The molecule has 2 aliphatic carbocycles. The van der Waals surface area contributed by atoms with Crippen LogP contribution in [0.5, 0.6) is 23.0 Å². The molecule has 7 nitrogen and oxygen atoms in total.